The second-order valence-electron chi connectivity index (χ2n) is 4.43. The fourth-order valence-corrected chi connectivity index (χ4v) is 2.20. The van der Waals surface area contributed by atoms with Gasteiger partial charge in [0.2, 0.25) is 0 Å². The number of hydrogen-bond donors (Lipinski definition) is 2. The van der Waals surface area contributed by atoms with E-state index in [1.165, 1.54) is 0 Å². The number of para-hydroxylation sites is 1. The minimum absolute atomic E-state index is 0.0408. The van der Waals surface area contributed by atoms with Crippen LogP contribution < -0.4 is 10.5 Å². The Morgan fingerprint density at radius 2 is 2.05 bits per heavy atom. The molecule has 0 fully saturated rings. The summed E-state index contributed by atoms with van der Waals surface area (Å²) in [5.41, 5.74) is 9.78. The summed E-state index contributed by atoms with van der Waals surface area (Å²) in [6.07, 6.45) is 1.28. The Kier molecular flexibility index (Phi) is 4.38. The lowest BCUT2D eigenvalue weighted by Gasteiger charge is -2.14. The lowest BCUT2D eigenvalue weighted by molar-refractivity contribution is 0.112. The summed E-state index contributed by atoms with van der Waals surface area (Å²) in [5, 5.41) is 9.06. The molecule has 0 aromatic heterocycles. The summed E-state index contributed by atoms with van der Waals surface area (Å²) < 4.78 is 5.33. The monoisotopic (exact) mass is 271 g/mol. The summed E-state index contributed by atoms with van der Waals surface area (Å²) >= 11 is 0. The largest absolute Gasteiger partial charge is 0.496 e. The molecule has 0 radical (unpaired) electrons. The van der Waals surface area contributed by atoms with Crippen molar-refractivity contribution in [1.29, 1.82) is 0 Å². The molecule has 0 aliphatic heterocycles. The van der Waals surface area contributed by atoms with Crippen LogP contribution >= 0.6 is 0 Å². The third kappa shape index (κ3) is 2.65. The van der Waals surface area contributed by atoms with E-state index >= 15 is 0 Å². The van der Waals surface area contributed by atoms with E-state index in [0.717, 1.165) is 23.0 Å². The van der Waals surface area contributed by atoms with Gasteiger partial charge in [0.05, 0.1) is 7.11 Å². The van der Waals surface area contributed by atoms with Crippen LogP contribution in [0.1, 0.15) is 15.9 Å². The quantitative estimate of drug-likeness (QED) is 0.646. The van der Waals surface area contributed by atoms with Gasteiger partial charge in [-0.2, -0.15) is 0 Å². The van der Waals surface area contributed by atoms with Crippen molar-refractivity contribution in [2.24, 2.45) is 0 Å². The van der Waals surface area contributed by atoms with Gasteiger partial charge in [-0.1, -0.05) is 18.2 Å². The van der Waals surface area contributed by atoms with Gasteiger partial charge in [0.25, 0.3) is 0 Å². The highest BCUT2D eigenvalue weighted by atomic mass is 16.5. The van der Waals surface area contributed by atoms with E-state index in [0.29, 0.717) is 23.4 Å². The number of aldehydes is 1. The standard InChI is InChI=1S/C16H17NO3/c1-20-15-6-5-11(10-19)9-14(15)13-4-2-3-12(7-8-18)16(13)17/h2-6,9-10,18H,7-8,17H2,1H3. The molecule has 0 atom stereocenters. The third-order valence-corrected chi connectivity index (χ3v) is 3.23. The van der Waals surface area contributed by atoms with Crippen LogP contribution in [-0.4, -0.2) is 25.1 Å². The van der Waals surface area contributed by atoms with Crippen molar-refractivity contribution < 1.29 is 14.6 Å². The van der Waals surface area contributed by atoms with Gasteiger partial charge in [0.15, 0.2) is 0 Å². The molecule has 0 amide bonds. The van der Waals surface area contributed by atoms with E-state index in [4.69, 9.17) is 15.6 Å². The van der Waals surface area contributed by atoms with Gasteiger partial charge in [-0.05, 0) is 30.2 Å². The summed E-state index contributed by atoms with van der Waals surface area (Å²) in [7, 11) is 1.58. The number of rotatable bonds is 5. The van der Waals surface area contributed by atoms with Crippen LogP contribution in [0.3, 0.4) is 0 Å². The van der Waals surface area contributed by atoms with E-state index in [2.05, 4.69) is 0 Å². The number of methoxy groups -OCH3 is 1. The Hall–Kier alpha value is -2.33. The van der Waals surface area contributed by atoms with Crippen molar-refractivity contribution in [3.63, 3.8) is 0 Å². The number of anilines is 1. The minimum Gasteiger partial charge on any atom is -0.496 e. The van der Waals surface area contributed by atoms with E-state index in [-0.39, 0.29) is 6.61 Å². The van der Waals surface area contributed by atoms with Gasteiger partial charge < -0.3 is 15.6 Å². The summed E-state index contributed by atoms with van der Waals surface area (Å²) in [6.45, 7) is 0.0408. The lowest BCUT2D eigenvalue weighted by atomic mass is 9.97. The zero-order valence-corrected chi connectivity index (χ0v) is 11.3. The summed E-state index contributed by atoms with van der Waals surface area (Å²) in [5.74, 6) is 0.656. The minimum atomic E-state index is 0.0408. The summed E-state index contributed by atoms with van der Waals surface area (Å²) in [4.78, 5) is 10.9. The highest BCUT2D eigenvalue weighted by Crippen LogP contribution is 2.35. The Labute approximate surface area is 117 Å². The van der Waals surface area contributed by atoms with Crippen LogP contribution in [0.4, 0.5) is 5.69 Å². The maximum Gasteiger partial charge on any atom is 0.150 e. The number of aliphatic hydroxyl groups excluding tert-OH is 1. The number of benzene rings is 2. The molecule has 0 aliphatic carbocycles. The smallest absolute Gasteiger partial charge is 0.150 e. The first-order valence-corrected chi connectivity index (χ1v) is 6.33. The molecule has 4 heteroatoms. The molecule has 0 aliphatic rings. The van der Waals surface area contributed by atoms with Crippen molar-refractivity contribution >= 4 is 12.0 Å². The maximum absolute atomic E-state index is 10.9. The number of hydrogen-bond acceptors (Lipinski definition) is 4. The van der Waals surface area contributed by atoms with Gasteiger partial charge in [0, 0.05) is 29.0 Å². The van der Waals surface area contributed by atoms with Gasteiger partial charge >= 0.3 is 0 Å². The zero-order valence-electron chi connectivity index (χ0n) is 11.3. The molecule has 0 bridgehead atoms. The molecule has 0 saturated carbocycles. The molecule has 2 rings (SSSR count). The predicted molar refractivity (Wildman–Crippen MR) is 79.0 cm³/mol. The second kappa shape index (κ2) is 6.21. The topological polar surface area (TPSA) is 72.5 Å². The van der Waals surface area contributed by atoms with E-state index in [1.807, 2.05) is 18.2 Å². The SMILES string of the molecule is COc1ccc(C=O)cc1-c1cccc(CCO)c1N. The van der Waals surface area contributed by atoms with Crippen molar-refractivity contribution in [3.8, 4) is 16.9 Å². The second-order valence-corrected chi connectivity index (χ2v) is 4.43. The molecule has 4 nitrogen and oxygen atoms in total. The van der Waals surface area contributed by atoms with Crippen LogP contribution in [0.2, 0.25) is 0 Å². The average molecular weight is 271 g/mol. The van der Waals surface area contributed by atoms with Gasteiger partial charge in [-0.15, -0.1) is 0 Å². The summed E-state index contributed by atoms with van der Waals surface area (Å²) in [6, 6.07) is 10.8. The van der Waals surface area contributed by atoms with Crippen LogP contribution in [0.5, 0.6) is 5.75 Å². The number of ether oxygens (including phenoxy) is 1. The Morgan fingerprint density at radius 1 is 1.25 bits per heavy atom. The molecule has 0 heterocycles. The van der Waals surface area contributed by atoms with Crippen LogP contribution in [0.25, 0.3) is 11.1 Å². The van der Waals surface area contributed by atoms with E-state index in [1.54, 1.807) is 25.3 Å². The number of aliphatic hydroxyl groups is 1. The van der Waals surface area contributed by atoms with Crippen LogP contribution in [-0.2, 0) is 6.42 Å². The Balaban J connectivity index is 2.60. The van der Waals surface area contributed by atoms with Crippen molar-refractivity contribution in [2.75, 3.05) is 19.5 Å². The first-order chi connectivity index (χ1) is 9.71. The van der Waals surface area contributed by atoms with Crippen molar-refractivity contribution in [1.82, 2.24) is 0 Å². The molecule has 0 saturated heterocycles. The first-order valence-electron chi connectivity index (χ1n) is 6.33. The average Bonchev–Trinajstić information content (AvgIpc) is 2.49. The Bertz CT molecular complexity index is 623. The zero-order chi connectivity index (χ0) is 14.5. The number of nitrogens with two attached hydrogens (primary N) is 1. The highest BCUT2D eigenvalue weighted by molar-refractivity contribution is 5.86. The third-order valence-electron chi connectivity index (χ3n) is 3.23. The highest BCUT2D eigenvalue weighted by Gasteiger charge is 2.12. The van der Waals surface area contributed by atoms with E-state index < -0.39 is 0 Å². The number of carbonyl (C=O) groups excluding carboxylic acids is 1. The molecule has 2 aromatic carbocycles. The molecule has 0 unspecified atom stereocenters. The molecular formula is C16H17NO3. The molecule has 104 valence electrons. The Morgan fingerprint density at radius 3 is 2.70 bits per heavy atom. The number of carbonyl (C=O) groups is 1. The van der Waals surface area contributed by atoms with Crippen LogP contribution in [0, 0.1) is 0 Å². The molecule has 2 aromatic rings. The molecule has 0 spiro atoms. The van der Waals surface area contributed by atoms with Crippen molar-refractivity contribution in [3.05, 3.63) is 47.5 Å². The van der Waals surface area contributed by atoms with Gasteiger partial charge in [-0.25, -0.2) is 0 Å². The fourth-order valence-electron chi connectivity index (χ4n) is 2.20. The predicted octanol–water partition coefficient (Wildman–Crippen LogP) is 2.29. The maximum atomic E-state index is 10.9. The molecule has 20 heavy (non-hydrogen) atoms. The lowest BCUT2D eigenvalue weighted by Crippen LogP contribution is -2.01. The van der Waals surface area contributed by atoms with E-state index in [9.17, 15) is 4.79 Å². The molecular weight excluding hydrogens is 254 g/mol. The normalized spacial score (nSPS) is 10.3. The van der Waals surface area contributed by atoms with Gasteiger partial charge in [-0.3, -0.25) is 4.79 Å². The van der Waals surface area contributed by atoms with Gasteiger partial charge in [0.1, 0.15) is 12.0 Å². The van der Waals surface area contributed by atoms with Crippen molar-refractivity contribution in [2.45, 2.75) is 6.42 Å². The number of nitrogen functional groups attached to an aromatic ring is 1. The fraction of sp³-hybridized carbons (Fsp3) is 0.188. The first kappa shape index (κ1) is 14.1. The van der Waals surface area contributed by atoms with Crippen LogP contribution in [0.15, 0.2) is 36.4 Å². The molecule has 3 N–H and O–H groups in total.